The van der Waals surface area contributed by atoms with E-state index in [9.17, 15) is 0 Å². The van der Waals surface area contributed by atoms with E-state index in [2.05, 4.69) is 258 Å². The first-order valence-corrected chi connectivity index (χ1v) is 36.2. The van der Waals surface area contributed by atoms with Gasteiger partial charge in [0.2, 0.25) is 0 Å². The van der Waals surface area contributed by atoms with Crippen LogP contribution in [0.15, 0.2) is 187 Å². The van der Waals surface area contributed by atoms with E-state index in [1.165, 1.54) is 68.5 Å². The summed E-state index contributed by atoms with van der Waals surface area (Å²) < 4.78 is 0. The highest BCUT2D eigenvalue weighted by Gasteiger charge is 2.49. The molecule has 0 nitrogen and oxygen atoms in total. The topological polar surface area (TPSA) is 0 Å². The highest BCUT2D eigenvalue weighted by atomic mass is 28.3. The molecule has 2 unspecified atom stereocenters. The summed E-state index contributed by atoms with van der Waals surface area (Å²) in [6.45, 7) is 48.2. The lowest BCUT2D eigenvalue weighted by atomic mass is 9.86. The summed E-state index contributed by atoms with van der Waals surface area (Å²) >= 11 is 0. The minimum absolute atomic E-state index is 0.293. The molecule has 2 atom stereocenters. The SMILES string of the molecule is CC1=C([Si](C)(C)C2=C(C)C=C(C(C)(C)C)C2)CC(C(C)(C)C)=C1.CC1=CC(C)C([Si](C)(C)C2=C(C)C(C)=CC2C)=C1C.C[Si](C)(C1c2ccccc2-c2ccccc21)C1c2ccccc2-c2ccccc21. The van der Waals surface area contributed by atoms with Crippen molar-refractivity contribution in [1.29, 1.82) is 0 Å². The van der Waals surface area contributed by atoms with E-state index < -0.39 is 24.2 Å². The number of hydrogen-bond donors (Lipinski definition) is 0. The highest BCUT2D eigenvalue weighted by Crippen LogP contribution is 2.57. The van der Waals surface area contributed by atoms with Gasteiger partial charge in [-0.3, -0.25) is 0 Å². The van der Waals surface area contributed by atoms with E-state index in [1.807, 2.05) is 0 Å². The molecule has 0 saturated carbocycles. The molecule has 0 aromatic heterocycles. The molecule has 372 valence electrons. The van der Waals surface area contributed by atoms with E-state index in [-0.39, 0.29) is 0 Å². The fourth-order valence-corrected chi connectivity index (χ4v) is 27.9. The van der Waals surface area contributed by atoms with Gasteiger partial charge >= 0.3 is 0 Å². The Labute approximate surface area is 435 Å². The summed E-state index contributed by atoms with van der Waals surface area (Å²) in [4.78, 5) is 0. The van der Waals surface area contributed by atoms with Gasteiger partial charge in [0.25, 0.3) is 0 Å². The smallest absolute Gasteiger partial charge is 0.0748 e. The van der Waals surface area contributed by atoms with Gasteiger partial charge in [-0.25, -0.2) is 0 Å². The van der Waals surface area contributed by atoms with Crippen LogP contribution in [0.25, 0.3) is 22.3 Å². The van der Waals surface area contributed by atoms with Gasteiger partial charge < -0.3 is 0 Å². The van der Waals surface area contributed by atoms with Crippen molar-refractivity contribution in [3.63, 3.8) is 0 Å². The molecule has 4 aromatic rings. The lowest BCUT2D eigenvalue weighted by Gasteiger charge is -2.38. The van der Waals surface area contributed by atoms with Gasteiger partial charge in [0.05, 0.1) is 8.07 Å². The van der Waals surface area contributed by atoms with Crippen molar-refractivity contribution in [3.05, 3.63) is 209 Å². The Kier molecular flexibility index (Phi) is 14.2. The Morgan fingerprint density at radius 2 is 0.690 bits per heavy atom. The van der Waals surface area contributed by atoms with Gasteiger partial charge in [-0.05, 0) is 122 Å². The van der Waals surface area contributed by atoms with Crippen LogP contribution < -0.4 is 0 Å². The van der Waals surface area contributed by atoms with Gasteiger partial charge in [0, 0.05) is 11.1 Å². The second-order valence-electron chi connectivity index (χ2n) is 26.2. The number of rotatable bonds is 6. The normalized spacial score (nSPS) is 20.3. The number of hydrogen-bond acceptors (Lipinski definition) is 0. The zero-order valence-corrected chi connectivity index (χ0v) is 50.8. The van der Waals surface area contributed by atoms with Crippen molar-refractivity contribution in [3.8, 4) is 22.3 Å². The van der Waals surface area contributed by atoms with Crippen LogP contribution in [-0.4, -0.2) is 24.2 Å². The predicted octanol–water partition coefficient (Wildman–Crippen LogP) is 20.2. The van der Waals surface area contributed by atoms with Crippen LogP contribution in [0.5, 0.6) is 0 Å². The molecule has 10 rings (SSSR count). The molecular weight excluding hydrogens is 901 g/mol. The van der Waals surface area contributed by atoms with Crippen LogP contribution in [-0.2, 0) is 0 Å². The van der Waals surface area contributed by atoms with Crippen molar-refractivity contribution < 1.29 is 0 Å². The lowest BCUT2D eigenvalue weighted by Crippen LogP contribution is -2.42. The summed E-state index contributed by atoms with van der Waals surface area (Å²) in [5.41, 5.74) is 26.0. The third kappa shape index (κ3) is 9.40. The van der Waals surface area contributed by atoms with Crippen LogP contribution >= 0.6 is 0 Å². The zero-order valence-electron chi connectivity index (χ0n) is 47.8. The first kappa shape index (κ1) is 52.8. The Morgan fingerprint density at radius 3 is 0.930 bits per heavy atom. The molecule has 0 heterocycles. The molecule has 0 fully saturated rings. The molecule has 71 heavy (non-hydrogen) atoms. The lowest BCUT2D eigenvalue weighted by molar-refractivity contribution is 0.495. The second-order valence-corrected chi connectivity index (χ2v) is 39.7. The van der Waals surface area contributed by atoms with Gasteiger partial charge in [0.15, 0.2) is 0 Å². The quantitative estimate of drug-likeness (QED) is 0.169. The summed E-state index contributed by atoms with van der Waals surface area (Å²) in [5, 5.41) is 7.05. The Bertz CT molecular complexity index is 2760. The highest BCUT2D eigenvalue weighted by molar-refractivity contribution is 6.91. The van der Waals surface area contributed by atoms with E-state index >= 15 is 0 Å². The minimum Gasteiger partial charge on any atom is -0.0748 e. The maximum Gasteiger partial charge on any atom is 0.105 e. The van der Waals surface area contributed by atoms with E-state index in [0.717, 1.165) is 0 Å². The average Bonchev–Trinajstić information content (AvgIpc) is 4.14. The fraction of sp³-hybridized carbons (Fsp3) is 0.412. The van der Waals surface area contributed by atoms with E-state index in [0.29, 0.717) is 33.7 Å². The van der Waals surface area contributed by atoms with E-state index in [1.54, 1.807) is 54.2 Å². The van der Waals surface area contributed by atoms with Crippen molar-refractivity contribution in [2.75, 3.05) is 0 Å². The van der Waals surface area contributed by atoms with Crippen LogP contribution in [0.2, 0.25) is 39.3 Å². The molecule has 0 saturated heterocycles. The second kappa shape index (κ2) is 19.1. The third-order valence-corrected chi connectivity index (χ3v) is 31.0. The summed E-state index contributed by atoms with van der Waals surface area (Å²) in [5.74, 6) is 1.27. The molecule has 0 bridgehead atoms. The summed E-state index contributed by atoms with van der Waals surface area (Å²) in [6, 6.07) is 36.4. The molecule has 6 aliphatic carbocycles. The van der Waals surface area contributed by atoms with E-state index in [4.69, 9.17) is 0 Å². The zero-order chi connectivity index (χ0) is 51.9. The molecular formula is C68H88Si3. The fourth-order valence-electron chi connectivity index (χ4n) is 14.6. The van der Waals surface area contributed by atoms with Crippen LogP contribution in [0.1, 0.15) is 143 Å². The van der Waals surface area contributed by atoms with Crippen LogP contribution in [0.3, 0.4) is 0 Å². The Balaban J connectivity index is 0.000000147. The molecule has 0 aliphatic heterocycles. The first-order chi connectivity index (χ1) is 33.1. The number of benzene rings is 4. The van der Waals surface area contributed by atoms with Crippen molar-refractivity contribution in [2.45, 2.75) is 160 Å². The third-order valence-electron chi connectivity index (χ3n) is 18.3. The summed E-state index contributed by atoms with van der Waals surface area (Å²) in [7, 11) is -4.91. The first-order valence-electron chi connectivity index (χ1n) is 27.1. The van der Waals surface area contributed by atoms with Gasteiger partial charge in [-0.2, -0.15) is 0 Å². The maximum atomic E-state index is 2.61. The average molecular weight is 990 g/mol. The predicted molar refractivity (Wildman–Crippen MR) is 321 cm³/mol. The summed E-state index contributed by atoms with van der Waals surface area (Å²) in [6.07, 6.45) is 12.3. The molecule has 0 amide bonds. The van der Waals surface area contributed by atoms with Gasteiger partial charge in [-0.15, -0.1) is 0 Å². The molecule has 0 spiro atoms. The van der Waals surface area contributed by atoms with Crippen LogP contribution in [0, 0.1) is 22.7 Å². The number of allylic oxidation sites excluding steroid dienone is 16. The molecule has 0 N–H and O–H groups in total. The standard InChI is InChI=1S/C28H24Si.C22H36Si.C18H28Si/c1-29(2,27-23-15-7-3-11-19(23)20-12-4-8-16-24(20)27)28-25-17-9-5-13-21(25)22-14-6-10-18-26(22)28;1-15-11-17(21(3,4)5)13-19(15)23(9,10)20-14-18(12-16(20)2)22(6,7)8;1-11-9-13(3)17(15(11)5)19(7,8)18-14(4)10-12(2)16(18)6/h3-18,27-28H,1-2H3;11-12H,13-14H2,1-10H3;9-10,13-14H,1-8H3. The molecule has 0 radical (unpaired) electrons. The Hall–Kier alpha value is -4.55. The van der Waals surface area contributed by atoms with Crippen LogP contribution in [0.4, 0.5) is 0 Å². The van der Waals surface area contributed by atoms with Crippen molar-refractivity contribution >= 4 is 24.2 Å². The maximum absolute atomic E-state index is 2.61. The molecule has 3 heteroatoms. The molecule has 4 aromatic carbocycles. The Morgan fingerprint density at radius 1 is 0.408 bits per heavy atom. The number of fused-ring (bicyclic) bond motifs is 6. The van der Waals surface area contributed by atoms with Gasteiger partial charge in [-0.1, -0.05) is 281 Å². The van der Waals surface area contributed by atoms with Crippen molar-refractivity contribution in [1.82, 2.24) is 0 Å². The largest absolute Gasteiger partial charge is 0.105 e. The van der Waals surface area contributed by atoms with Crippen molar-refractivity contribution in [2.24, 2.45) is 22.7 Å². The molecule has 6 aliphatic rings. The monoisotopic (exact) mass is 989 g/mol. The van der Waals surface area contributed by atoms with Gasteiger partial charge in [0.1, 0.15) is 16.1 Å². The minimum atomic E-state index is -1.84.